The van der Waals surface area contributed by atoms with Crippen molar-refractivity contribution in [1.29, 1.82) is 0 Å². The SMILES string of the molecule is Cc1ccc(NC(=O)CSCC(=O)O[C@@H](C)C(=O)NCc2ccco2)c(C)c1. The molecule has 0 unspecified atom stereocenters. The number of furan rings is 1. The molecule has 2 rings (SSSR count). The van der Waals surface area contributed by atoms with Gasteiger partial charge >= 0.3 is 5.97 Å². The van der Waals surface area contributed by atoms with Crippen molar-refractivity contribution in [1.82, 2.24) is 5.32 Å². The molecule has 1 heterocycles. The maximum absolute atomic E-state index is 12.0. The number of ether oxygens (including phenoxy) is 1. The summed E-state index contributed by atoms with van der Waals surface area (Å²) in [5.41, 5.74) is 2.85. The number of nitrogens with one attached hydrogen (secondary N) is 2. The first-order valence-electron chi connectivity index (χ1n) is 8.79. The third-order valence-electron chi connectivity index (χ3n) is 3.80. The smallest absolute Gasteiger partial charge is 0.316 e. The Balaban J connectivity index is 1.65. The normalized spacial score (nSPS) is 11.5. The molecule has 0 bridgehead atoms. The molecule has 1 atom stereocenters. The van der Waals surface area contributed by atoms with Crippen LogP contribution in [0.1, 0.15) is 23.8 Å². The fraction of sp³-hybridized carbons (Fsp3) is 0.350. The van der Waals surface area contributed by atoms with E-state index in [9.17, 15) is 14.4 Å². The van der Waals surface area contributed by atoms with Gasteiger partial charge in [0.2, 0.25) is 5.91 Å². The zero-order chi connectivity index (χ0) is 20.5. The van der Waals surface area contributed by atoms with Crippen molar-refractivity contribution in [3.05, 3.63) is 53.5 Å². The Morgan fingerprint density at radius 1 is 1.18 bits per heavy atom. The topological polar surface area (TPSA) is 97.6 Å². The standard InChI is InChI=1S/C20H24N2O5S/c1-13-6-7-17(14(2)9-13)22-18(23)11-28-12-19(24)27-15(3)20(25)21-10-16-5-4-8-26-16/h4-9,15H,10-12H2,1-3H3,(H,21,25)(H,22,23)/t15-/m0/s1. The van der Waals surface area contributed by atoms with Crippen molar-refractivity contribution >= 4 is 35.2 Å². The van der Waals surface area contributed by atoms with Crippen LogP contribution >= 0.6 is 11.8 Å². The highest BCUT2D eigenvalue weighted by Gasteiger charge is 2.18. The minimum atomic E-state index is -0.924. The average Bonchev–Trinajstić information content (AvgIpc) is 3.15. The number of hydrogen-bond donors (Lipinski definition) is 2. The molecule has 2 N–H and O–H groups in total. The van der Waals surface area contributed by atoms with E-state index in [2.05, 4.69) is 10.6 Å². The molecule has 0 radical (unpaired) electrons. The van der Waals surface area contributed by atoms with Gasteiger partial charge < -0.3 is 19.8 Å². The number of hydrogen-bond acceptors (Lipinski definition) is 6. The van der Waals surface area contributed by atoms with Crippen LogP contribution in [0.15, 0.2) is 41.0 Å². The van der Waals surface area contributed by atoms with Crippen LogP contribution in [0, 0.1) is 13.8 Å². The maximum Gasteiger partial charge on any atom is 0.316 e. The Morgan fingerprint density at radius 3 is 2.64 bits per heavy atom. The fourth-order valence-corrected chi connectivity index (χ4v) is 2.98. The van der Waals surface area contributed by atoms with Gasteiger partial charge in [-0.3, -0.25) is 14.4 Å². The quantitative estimate of drug-likeness (QED) is 0.624. The third kappa shape index (κ3) is 7.11. The summed E-state index contributed by atoms with van der Waals surface area (Å²) < 4.78 is 10.2. The Morgan fingerprint density at radius 2 is 1.96 bits per heavy atom. The lowest BCUT2D eigenvalue weighted by Crippen LogP contribution is -2.35. The molecule has 2 amide bonds. The summed E-state index contributed by atoms with van der Waals surface area (Å²) in [6, 6.07) is 9.21. The summed E-state index contributed by atoms with van der Waals surface area (Å²) in [5.74, 6) is -0.462. The molecule has 0 aliphatic carbocycles. The van der Waals surface area contributed by atoms with E-state index >= 15 is 0 Å². The van der Waals surface area contributed by atoms with Crippen LogP contribution in [0.3, 0.4) is 0 Å². The molecule has 0 spiro atoms. The second kappa shape index (κ2) is 10.6. The zero-order valence-electron chi connectivity index (χ0n) is 16.1. The molecular weight excluding hydrogens is 380 g/mol. The van der Waals surface area contributed by atoms with Crippen LogP contribution in [-0.2, 0) is 25.7 Å². The van der Waals surface area contributed by atoms with E-state index in [1.807, 2.05) is 32.0 Å². The summed E-state index contributed by atoms with van der Waals surface area (Å²) in [6.07, 6.45) is 0.588. The molecule has 1 aromatic carbocycles. The van der Waals surface area contributed by atoms with Gasteiger partial charge in [-0.1, -0.05) is 17.7 Å². The number of benzene rings is 1. The zero-order valence-corrected chi connectivity index (χ0v) is 16.9. The summed E-state index contributed by atoms with van der Waals surface area (Å²) in [5, 5.41) is 5.44. The van der Waals surface area contributed by atoms with E-state index in [4.69, 9.17) is 9.15 Å². The van der Waals surface area contributed by atoms with E-state index in [0.29, 0.717) is 5.76 Å². The van der Waals surface area contributed by atoms with Crippen LogP contribution in [0.25, 0.3) is 0 Å². The van der Waals surface area contributed by atoms with Crippen LogP contribution in [-0.4, -0.2) is 35.4 Å². The Kier molecular flexibility index (Phi) is 8.13. The van der Waals surface area contributed by atoms with Crippen LogP contribution in [0.4, 0.5) is 5.69 Å². The van der Waals surface area contributed by atoms with Crippen LogP contribution in [0.5, 0.6) is 0 Å². The number of anilines is 1. The molecule has 0 aliphatic heterocycles. The van der Waals surface area contributed by atoms with Gasteiger partial charge in [0.15, 0.2) is 6.10 Å². The van der Waals surface area contributed by atoms with Gasteiger partial charge in [-0.25, -0.2) is 0 Å². The van der Waals surface area contributed by atoms with E-state index in [1.54, 1.807) is 12.1 Å². The second-order valence-electron chi connectivity index (χ2n) is 6.29. The highest BCUT2D eigenvalue weighted by molar-refractivity contribution is 8.00. The van der Waals surface area contributed by atoms with Crippen molar-refractivity contribution in [2.24, 2.45) is 0 Å². The number of esters is 1. The lowest BCUT2D eigenvalue weighted by atomic mass is 10.1. The van der Waals surface area contributed by atoms with Gasteiger partial charge in [0.25, 0.3) is 5.91 Å². The first-order valence-corrected chi connectivity index (χ1v) is 9.95. The van der Waals surface area contributed by atoms with Gasteiger partial charge in [0, 0.05) is 5.69 Å². The van der Waals surface area contributed by atoms with Crippen molar-refractivity contribution in [2.45, 2.75) is 33.4 Å². The largest absolute Gasteiger partial charge is 0.467 e. The Hall–Kier alpha value is -2.74. The number of rotatable bonds is 9. The third-order valence-corrected chi connectivity index (χ3v) is 4.71. The van der Waals surface area contributed by atoms with E-state index in [1.165, 1.54) is 13.2 Å². The lowest BCUT2D eigenvalue weighted by molar-refractivity contribution is -0.152. The molecule has 2 aromatic rings. The molecule has 28 heavy (non-hydrogen) atoms. The van der Waals surface area contributed by atoms with Crippen molar-refractivity contribution < 1.29 is 23.5 Å². The number of carbonyl (C=O) groups excluding carboxylic acids is 3. The minimum absolute atomic E-state index is 0.0178. The summed E-state index contributed by atoms with van der Waals surface area (Å²) in [4.78, 5) is 35.8. The van der Waals surface area contributed by atoms with Crippen molar-refractivity contribution in [3.63, 3.8) is 0 Å². The molecule has 0 fully saturated rings. The van der Waals surface area contributed by atoms with E-state index < -0.39 is 18.0 Å². The first kappa shape index (κ1) is 21.6. The number of thioether (sulfide) groups is 1. The summed E-state index contributed by atoms with van der Waals surface area (Å²) in [6.45, 7) is 5.62. The van der Waals surface area contributed by atoms with Gasteiger partial charge in [-0.15, -0.1) is 11.8 Å². The van der Waals surface area contributed by atoms with Crippen LogP contribution in [0.2, 0.25) is 0 Å². The highest BCUT2D eigenvalue weighted by Crippen LogP contribution is 2.16. The molecule has 0 aliphatic rings. The van der Waals surface area contributed by atoms with Gasteiger partial charge in [0.05, 0.1) is 24.3 Å². The monoisotopic (exact) mass is 404 g/mol. The lowest BCUT2D eigenvalue weighted by Gasteiger charge is -2.13. The van der Waals surface area contributed by atoms with E-state index in [0.717, 1.165) is 28.6 Å². The van der Waals surface area contributed by atoms with Gasteiger partial charge in [-0.2, -0.15) is 0 Å². The predicted molar refractivity (Wildman–Crippen MR) is 108 cm³/mol. The second-order valence-corrected chi connectivity index (χ2v) is 7.27. The highest BCUT2D eigenvalue weighted by atomic mass is 32.2. The van der Waals surface area contributed by atoms with E-state index in [-0.39, 0.29) is 24.0 Å². The number of carbonyl (C=O) groups is 3. The number of amides is 2. The molecule has 150 valence electrons. The Bertz CT molecular complexity index is 820. The maximum atomic E-state index is 12.0. The molecule has 0 saturated carbocycles. The van der Waals surface area contributed by atoms with Crippen LogP contribution < -0.4 is 10.6 Å². The average molecular weight is 404 g/mol. The van der Waals surface area contributed by atoms with Crippen molar-refractivity contribution in [3.8, 4) is 0 Å². The first-order chi connectivity index (χ1) is 13.3. The summed E-state index contributed by atoms with van der Waals surface area (Å²) in [7, 11) is 0. The number of aryl methyl sites for hydroxylation is 2. The predicted octanol–water partition coefficient (Wildman–Crippen LogP) is 2.82. The minimum Gasteiger partial charge on any atom is -0.467 e. The molecule has 0 saturated heterocycles. The molecular formula is C20H24N2O5S. The van der Waals surface area contributed by atoms with Crippen molar-refractivity contribution in [2.75, 3.05) is 16.8 Å². The molecule has 8 heteroatoms. The molecule has 1 aromatic heterocycles. The fourth-order valence-electron chi connectivity index (χ4n) is 2.38. The van der Waals surface area contributed by atoms with Gasteiger partial charge in [-0.05, 0) is 44.5 Å². The van der Waals surface area contributed by atoms with Gasteiger partial charge in [0.1, 0.15) is 5.76 Å². The molecule has 7 nitrogen and oxygen atoms in total. The Labute approximate surface area is 168 Å². The summed E-state index contributed by atoms with van der Waals surface area (Å²) >= 11 is 1.13.